The van der Waals surface area contributed by atoms with Crippen LogP contribution in [0.15, 0.2) is 29.2 Å². The van der Waals surface area contributed by atoms with Crippen LogP contribution in [0.5, 0.6) is 0 Å². The van der Waals surface area contributed by atoms with Crippen molar-refractivity contribution < 1.29 is 31.9 Å². The molecule has 2 unspecified atom stereocenters. The van der Waals surface area contributed by atoms with E-state index in [1.165, 1.54) is 0 Å². The third kappa shape index (κ3) is 4.47. The van der Waals surface area contributed by atoms with Crippen LogP contribution in [0.2, 0.25) is 0 Å². The van der Waals surface area contributed by atoms with E-state index in [0.29, 0.717) is 6.42 Å². The molecule has 0 aromatic heterocycles. The van der Waals surface area contributed by atoms with Crippen LogP contribution >= 0.6 is 0 Å². The van der Waals surface area contributed by atoms with Gasteiger partial charge in [0, 0.05) is 5.56 Å². The van der Waals surface area contributed by atoms with Gasteiger partial charge in [0.25, 0.3) is 5.91 Å². The molecule has 9 heteroatoms. The Morgan fingerprint density at radius 2 is 1.74 bits per heavy atom. The minimum Gasteiger partial charge on any atom is -0.480 e. The Labute approximate surface area is 132 Å². The molecule has 0 aliphatic rings. The smallest absolute Gasteiger partial charge is 0.341 e. The maximum absolute atomic E-state index is 12.4. The van der Waals surface area contributed by atoms with Crippen molar-refractivity contribution in [2.75, 3.05) is 0 Å². The molecule has 2 atom stereocenters. The molecule has 2 N–H and O–H groups in total. The van der Waals surface area contributed by atoms with Crippen LogP contribution in [0.1, 0.15) is 30.6 Å². The summed E-state index contributed by atoms with van der Waals surface area (Å²) in [6.07, 6.45) is 0.531. The molecule has 1 aromatic rings. The summed E-state index contributed by atoms with van der Waals surface area (Å²) in [6.45, 7) is 3.44. The molecule has 0 radical (unpaired) electrons. The Balaban J connectivity index is 2.96. The highest BCUT2D eigenvalue weighted by molar-refractivity contribution is 7.91. The Morgan fingerprint density at radius 3 is 2.13 bits per heavy atom. The summed E-state index contributed by atoms with van der Waals surface area (Å²) in [7, 11) is -4.73. The Morgan fingerprint density at radius 1 is 1.22 bits per heavy atom. The molecule has 0 saturated heterocycles. The zero-order valence-corrected chi connectivity index (χ0v) is 13.3. The van der Waals surface area contributed by atoms with E-state index >= 15 is 0 Å². The number of halogens is 2. The van der Waals surface area contributed by atoms with Crippen LogP contribution in [-0.4, -0.2) is 37.2 Å². The van der Waals surface area contributed by atoms with Gasteiger partial charge in [-0.1, -0.05) is 20.3 Å². The summed E-state index contributed by atoms with van der Waals surface area (Å²) in [5.74, 6) is -5.78. The number of amides is 1. The van der Waals surface area contributed by atoms with Crippen LogP contribution in [0.25, 0.3) is 0 Å². The Hall–Kier alpha value is -2.03. The molecule has 0 fully saturated rings. The molecule has 0 aliphatic heterocycles. The van der Waals surface area contributed by atoms with E-state index < -0.39 is 38.4 Å². The van der Waals surface area contributed by atoms with Gasteiger partial charge in [-0.3, -0.25) is 4.79 Å². The summed E-state index contributed by atoms with van der Waals surface area (Å²) in [5, 5.41) is 11.4. The average Bonchev–Trinajstić information content (AvgIpc) is 2.51. The molecular formula is C14H17F2NO5S. The van der Waals surface area contributed by atoms with Crippen LogP contribution in [0.3, 0.4) is 0 Å². The predicted molar refractivity (Wildman–Crippen MR) is 78.0 cm³/mol. The van der Waals surface area contributed by atoms with Crippen LogP contribution in [-0.2, 0) is 14.6 Å². The first kappa shape index (κ1) is 19.0. The minimum absolute atomic E-state index is 0.0206. The Bertz CT molecular complexity index is 673. The lowest BCUT2D eigenvalue weighted by molar-refractivity contribution is -0.140. The van der Waals surface area contributed by atoms with Crippen molar-refractivity contribution in [3.8, 4) is 0 Å². The van der Waals surface area contributed by atoms with Gasteiger partial charge in [0.1, 0.15) is 6.04 Å². The summed E-state index contributed by atoms with van der Waals surface area (Å²) in [4.78, 5) is 22.5. The lowest BCUT2D eigenvalue weighted by atomic mass is 9.99. The minimum atomic E-state index is -4.73. The highest BCUT2D eigenvalue weighted by Gasteiger charge is 2.28. The second-order valence-corrected chi connectivity index (χ2v) is 6.92. The van der Waals surface area contributed by atoms with Crippen molar-refractivity contribution in [2.45, 2.75) is 37.0 Å². The van der Waals surface area contributed by atoms with Gasteiger partial charge in [0.15, 0.2) is 0 Å². The molecule has 0 aliphatic carbocycles. The van der Waals surface area contributed by atoms with Gasteiger partial charge in [-0.2, -0.15) is 8.78 Å². The predicted octanol–water partition coefficient (Wildman–Crippen LogP) is 1.91. The van der Waals surface area contributed by atoms with Crippen molar-refractivity contribution >= 4 is 21.7 Å². The second kappa shape index (κ2) is 7.49. The van der Waals surface area contributed by atoms with Crippen LogP contribution in [0, 0.1) is 5.92 Å². The van der Waals surface area contributed by atoms with Crippen LogP contribution in [0.4, 0.5) is 8.78 Å². The van der Waals surface area contributed by atoms with Crippen molar-refractivity contribution in [3.05, 3.63) is 29.8 Å². The van der Waals surface area contributed by atoms with E-state index in [4.69, 9.17) is 5.11 Å². The largest absolute Gasteiger partial charge is 0.480 e. The number of sulfone groups is 1. The summed E-state index contributed by atoms with van der Waals surface area (Å²) in [5.41, 5.74) is -0.0206. The molecule has 0 spiro atoms. The monoisotopic (exact) mass is 349 g/mol. The number of carboxylic acids is 1. The number of carboxylic acid groups (broad SMARTS) is 1. The van der Waals surface area contributed by atoms with E-state index in [-0.39, 0.29) is 11.5 Å². The summed E-state index contributed by atoms with van der Waals surface area (Å²) < 4.78 is 47.4. The summed E-state index contributed by atoms with van der Waals surface area (Å²) >= 11 is 0. The highest BCUT2D eigenvalue weighted by atomic mass is 32.2. The number of hydrogen-bond acceptors (Lipinski definition) is 4. The fourth-order valence-corrected chi connectivity index (χ4v) is 2.53. The normalized spacial score (nSPS) is 14.3. The first-order valence-electron chi connectivity index (χ1n) is 6.77. The first-order chi connectivity index (χ1) is 10.6. The van der Waals surface area contributed by atoms with Crippen molar-refractivity contribution in [1.29, 1.82) is 0 Å². The zero-order valence-electron chi connectivity index (χ0n) is 12.5. The maximum atomic E-state index is 12.4. The average molecular weight is 349 g/mol. The number of aliphatic carboxylic acids is 1. The second-order valence-electron chi connectivity index (χ2n) is 5.00. The molecule has 1 rings (SSSR count). The Kier molecular flexibility index (Phi) is 6.20. The van der Waals surface area contributed by atoms with E-state index in [0.717, 1.165) is 24.3 Å². The van der Waals surface area contributed by atoms with Gasteiger partial charge < -0.3 is 10.4 Å². The van der Waals surface area contributed by atoms with E-state index in [9.17, 15) is 26.8 Å². The van der Waals surface area contributed by atoms with Gasteiger partial charge in [-0.05, 0) is 30.2 Å². The molecule has 0 saturated carbocycles. The first-order valence-corrected chi connectivity index (χ1v) is 8.31. The van der Waals surface area contributed by atoms with E-state index in [1.54, 1.807) is 13.8 Å². The number of carbonyl (C=O) groups is 2. The van der Waals surface area contributed by atoms with Gasteiger partial charge in [-0.15, -0.1) is 0 Å². The van der Waals surface area contributed by atoms with E-state index in [1.807, 2.05) is 0 Å². The zero-order chi connectivity index (χ0) is 17.8. The number of alkyl halides is 2. The van der Waals surface area contributed by atoms with Gasteiger partial charge in [0.2, 0.25) is 9.84 Å². The van der Waals surface area contributed by atoms with Gasteiger partial charge in [-0.25, -0.2) is 13.2 Å². The van der Waals surface area contributed by atoms with E-state index in [2.05, 4.69) is 5.32 Å². The molecule has 23 heavy (non-hydrogen) atoms. The molecule has 1 amide bonds. The molecule has 128 valence electrons. The number of rotatable bonds is 7. The van der Waals surface area contributed by atoms with Gasteiger partial charge in [0.05, 0.1) is 4.90 Å². The number of benzene rings is 1. The SMILES string of the molecule is CCC(C)C(NC(=O)c1ccc(S(=O)(=O)C(F)F)cc1)C(=O)O. The fourth-order valence-electron chi connectivity index (χ4n) is 1.81. The number of carbonyl (C=O) groups excluding carboxylic acids is 1. The highest BCUT2D eigenvalue weighted by Crippen LogP contribution is 2.19. The lowest BCUT2D eigenvalue weighted by Crippen LogP contribution is -2.45. The topological polar surface area (TPSA) is 101 Å². The van der Waals surface area contributed by atoms with Crippen molar-refractivity contribution in [3.63, 3.8) is 0 Å². The van der Waals surface area contributed by atoms with Crippen molar-refractivity contribution in [1.82, 2.24) is 5.32 Å². The molecule has 0 heterocycles. The molecular weight excluding hydrogens is 332 g/mol. The molecule has 1 aromatic carbocycles. The van der Waals surface area contributed by atoms with Crippen molar-refractivity contribution in [2.24, 2.45) is 5.92 Å². The maximum Gasteiger partial charge on any atom is 0.341 e. The fraction of sp³-hybridized carbons (Fsp3) is 0.429. The van der Waals surface area contributed by atoms with Gasteiger partial charge >= 0.3 is 11.7 Å². The molecule has 0 bridgehead atoms. The van der Waals surface area contributed by atoms with Crippen LogP contribution < -0.4 is 5.32 Å². The third-order valence-electron chi connectivity index (χ3n) is 3.45. The standard InChI is InChI=1S/C14H17F2NO5S/c1-3-8(2)11(13(19)20)17-12(18)9-4-6-10(7-5-9)23(21,22)14(15)16/h4-8,11,14H,3H2,1-2H3,(H,17,18)(H,19,20). The number of hydrogen-bond donors (Lipinski definition) is 2. The number of nitrogens with one attached hydrogen (secondary N) is 1. The quantitative estimate of drug-likeness (QED) is 0.783. The summed E-state index contributed by atoms with van der Waals surface area (Å²) in [6, 6.07) is 2.78. The molecule has 6 nitrogen and oxygen atoms in total. The third-order valence-corrected chi connectivity index (χ3v) is 4.84. The lowest BCUT2D eigenvalue weighted by Gasteiger charge is -2.20.